The molecule has 0 radical (unpaired) electrons. The van der Waals surface area contributed by atoms with Crippen LogP contribution in [0.1, 0.15) is 133 Å². The molecular formula is C36H72N2O2Si2. The fourth-order valence-electron chi connectivity index (χ4n) is 7.93. The number of hydrogen-bond acceptors (Lipinski definition) is 4. The van der Waals surface area contributed by atoms with Gasteiger partial charge in [0.25, 0.3) is 0 Å². The van der Waals surface area contributed by atoms with Gasteiger partial charge >= 0.3 is 0 Å². The first-order valence-corrected chi connectivity index (χ1v) is 23.6. The van der Waals surface area contributed by atoms with E-state index in [0.29, 0.717) is 35.8 Å². The van der Waals surface area contributed by atoms with Gasteiger partial charge in [-0.3, -0.25) is 9.98 Å². The highest BCUT2D eigenvalue weighted by atomic mass is 28.4. The molecule has 2 rings (SSSR count). The Kier molecular flexibility index (Phi) is 17.4. The van der Waals surface area contributed by atoms with Gasteiger partial charge in [-0.05, 0) is 111 Å². The van der Waals surface area contributed by atoms with Crippen molar-refractivity contribution in [2.24, 2.45) is 33.7 Å². The van der Waals surface area contributed by atoms with Crippen LogP contribution in [0.3, 0.4) is 0 Å². The van der Waals surface area contributed by atoms with E-state index in [-0.39, 0.29) is 0 Å². The number of hydrogen-bond donors (Lipinski definition) is 0. The van der Waals surface area contributed by atoms with Crippen molar-refractivity contribution in [1.82, 2.24) is 0 Å². The molecule has 4 unspecified atom stereocenters. The van der Waals surface area contributed by atoms with Crippen LogP contribution in [0.15, 0.2) is 9.98 Å². The molecule has 2 saturated carbocycles. The van der Waals surface area contributed by atoms with Gasteiger partial charge < -0.3 is 8.85 Å². The van der Waals surface area contributed by atoms with E-state index in [0.717, 1.165) is 38.9 Å². The lowest BCUT2D eigenvalue weighted by Crippen LogP contribution is -2.37. The molecular weight excluding hydrogens is 549 g/mol. The van der Waals surface area contributed by atoms with Crippen LogP contribution < -0.4 is 0 Å². The lowest BCUT2D eigenvalue weighted by Gasteiger charge is -2.34. The van der Waals surface area contributed by atoms with Crippen molar-refractivity contribution in [3.8, 4) is 0 Å². The molecule has 0 heterocycles. The van der Waals surface area contributed by atoms with Gasteiger partial charge in [0.1, 0.15) is 0 Å². The average molecular weight is 621 g/mol. The predicted octanol–water partition coefficient (Wildman–Crippen LogP) is 11.1. The molecule has 0 amide bonds. The summed E-state index contributed by atoms with van der Waals surface area (Å²) in [5.41, 5.74) is 2.63. The van der Waals surface area contributed by atoms with Crippen molar-refractivity contribution in [3.63, 3.8) is 0 Å². The third-order valence-corrected chi connectivity index (χ3v) is 21.1. The Morgan fingerprint density at radius 1 is 0.524 bits per heavy atom. The number of nitrogens with zero attached hydrogens (tertiary/aromatic N) is 2. The van der Waals surface area contributed by atoms with E-state index in [4.69, 9.17) is 18.8 Å². The van der Waals surface area contributed by atoms with Gasteiger partial charge in [0.2, 0.25) is 0 Å². The van der Waals surface area contributed by atoms with E-state index in [9.17, 15) is 0 Å². The topological polar surface area (TPSA) is 43.2 Å². The minimum atomic E-state index is -1.57. The predicted molar refractivity (Wildman–Crippen MR) is 192 cm³/mol. The molecule has 0 aromatic rings. The highest BCUT2D eigenvalue weighted by molar-refractivity contribution is 6.74. The first-order chi connectivity index (χ1) is 20.1. The van der Waals surface area contributed by atoms with Gasteiger partial charge in [0, 0.05) is 13.2 Å². The van der Waals surface area contributed by atoms with Crippen LogP contribution >= 0.6 is 0 Å². The third-order valence-electron chi connectivity index (χ3n) is 11.7. The Labute approximate surface area is 265 Å². The number of aliphatic imine (C=N–C) groups is 2. The van der Waals surface area contributed by atoms with Crippen LogP contribution in [-0.2, 0) is 8.85 Å². The summed E-state index contributed by atoms with van der Waals surface area (Å²) >= 11 is 0. The summed E-state index contributed by atoms with van der Waals surface area (Å²) in [7, 11) is -3.14. The van der Waals surface area contributed by atoms with Gasteiger partial charge in [-0.15, -0.1) is 0 Å². The largest absolute Gasteiger partial charge is 0.417 e. The minimum absolute atomic E-state index is 0.424. The molecule has 0 aromatic heterocycles. The molecule has 246 valence electrons. The van der Waals surface area contributed by atoms with E-state index >= 15 is 0 Å². The highest BCUT2D eigenvalue weighted by Crippen LogP contribution is 2.34. The molecule has 0 N–H and O–H groups in total. The molecule has 2 fully saturated rings. The molecule has 6 heteroatoms. The molecule has 2 aliphatic carbocycles. The zero-order chi connectivity index (χ0) is 31.2. The van der Waals surface area contributed by atoms with Crippen molar-refractivity contribution in [2.75, 3.05) is 13.2 Å². The maximum atomic E-state index is 6.73. The minimum Gasteiger partial charge on any atom is -0.417 e. The van der Waals surface area contributed by atoms with Crippen LogP contribution in [0.4, 0.5) is 0 Å². The lowest BCUT2D eigenvalue weighted by atomic mass is 9.78. The molecule has 42 heavy (non-hydrogen) atoms. The van der Waals surface area contributed by atoms with Crippen LogP contribution in [-0.4, -0.2) is 53.4 Å². The monoisotopic (exact) mass is 621 g/mol. The first-order valence-electron chi connectivity index (χ1n) is 18.5. The summed E-state index contributed by atoms with van der Waals surface area (Å²) in [6.07, 6.45) is 12.1. The SMILES string of the molecule is CC[Si](CC)(CC)OCCCC(=NC1C(C)CCCC1C)C(CCCO[Si](CC)(CC)CC)=NC1C(C)CCCC1C. The summed E-state index contributed by atoms with van der Waals surface area (Å²) in [6.45, 7) is 25.5. The Balaban J connectivity index is 2.36. The zero-order valence-corrected chi connectivity index (χ0v) is 31.9. The summed E-state index contributed by atoms with van der Waals surface area (Å²) in [5.74, 6) is 2.62. The number of rotatable bonds is 19. The molecule has 0 saturated heterocycles. The maximum Gasteiger partial charge on any atom is 0.191 e. The lowest BCUT2D eigenvalue weighted by molar-refractivity contribution is 0.251. The second-order valence-corrected chi connectivity index (χ2v) is 23.8. The van der Waals surface area contributed by atoms with Crippen molar-refractivity contribution >= 4 is 28.1 Å². The van der Waals surface area contributed by atoms with Crippen molar-refractivity contribution < 1.29 is 8.85 Å². The quantitative estimate of drug-likeness (QED) is 0.0819. The Morgan fingerprint density at radius 2 is 0.810 bits per heavy atom. The summed E-state index contributed by atoms with van der Waals surface area (Å²) in [5, 5.41) is 0. The van der Waals surface area contributed by atoms with E-state index in [2.05, 4.69) is 69.2 Å². The normalized spacial score (nSPS) is 28.3. The van der Waals surface area contributed by atoms with Crippen molar-refractivity contribution in [2.45, 2.75) is 182 Å². The second kappa shape index (κ2) is 19.3. The standard InChI is InChI=1S/C36H72N2O2Si2/c1-11-41(12-2,13-3)39-27-19-25-33(37-35-29(7)21-17-22-30(35)8)34(38-36-31(9)23-18-24-32(36)10)26-20-28-40-42(14-4,15-5)16-6/h29-32,35-36H,11-28H2,1-10H3. The van der Waals surface area contributed by atoms with Crippen molar-refractivity contribution in [1.29, 1.82) is 0 Å². The molecule has 0 aliphatic heterocycles. The maximum absolute atomic E-state index is 6.73. The van der Waals surface area contributed by atoms with Crippen LogP contribution in [0.2, 0.25) is 36.3 Å². The second-order valence-electron chi connectivity index (χ2n) is 14.3. The highest BCUT2D eigenvalue weighted by Gasteiger charge is 2.32. The molecule has 0 spiro atoms. The van der Waals surface area contributed by atoms with E-state index < -0.39 is 16.6 Å². The Hall–Kier alpha value is -0.306. The smallest absolute Gasteiger partial charge is 0.191 e. The van der Waals surface area contributed by atoms with Gasteiger partial charge in [-0.2, -0.15) is 0 Å². The van der Waals surface area contributed by atoms with Gasteiger partial charge in [0.05, 0.1) is 23.5 Å². The Morgan fingerprint density at radius 3 is 1.07 bits per heavy atom. The van der Waals surface area contributed by atoms with Crippen molar-refractivity contribution in [3.05, 3.63) is 0 Å². The van der Waals surface area contributed by atoms with E-state index in [1.165, 1.54) is 86.2 Å². The molecule has 2 aliphatic rings. The molecule has 4 atom stereocenters. The third kappa shape index (κ3) is 10.9. The van der Waals surface area contributed by atoms with Crippen LogP contribution in [0.5, 0.6) is 0 Å². The molecule has 0 aromatic carbocycles. The van der Waals surface area contributed by atoms with Gasteiger partial charge in [-0.1, -0.05) is 82.1 Å². The first kappa shape index (κ1) is 37.9. The summed E-state index contributed by atoms with van der Waals surface area (Å²) in [6, 6.07) is 8.18. The summed E-state index contributed by atoms with van der Waals surface area (Å²) in [4.78, 5) is 11.4. The summed E-state index contributed by atoms with van der Waals surface area (Å²) < 4.78 is 13.5. The fourth-order valence-corrected chi connectivity index (χ4v) is 13.3. The van der Waals surface area contributed by atoms with Crippen LogP contribution in [0.25, 0.3) is 0 Å². The fraction of sp³-hybridized carbons (Fsp3) is 0.944. The van der Waals surface area contributed by atoms with Gasteiger partial charge in [0.15, 0.2) is 16.6 Å². The zero-order valence-electron chi connectivity index (χ0n) is 29.9. The average Bonchev–Trinajstić information content (AvgIpc) is 3.00. The van der Waals surface area contributed by atoms with E-state index in [1.807, 2.05) is 0 Å². The van der Waals surface area contributed by atoms with E-state index in [1.54, 1.807) is 0 Å². The van der Waals surface area contributed by atoms with Gasteiger partial charge in [-0.25, -0.2) is 0 Å². The van der Waals surface area contributed by atoms with Crippen LogP contribution in [0, 0.1) is 23.7 Å². The molecule has 4 nitrogen and oxygen atoms in total. The molecule has 0 bridgehead atoms. The Bertz CT molecular complexity index is 706.